The minimum Gasteiger partial charge on any atom is -0.494 e. The minimum absolute atomic E-state index is 0.0492. The van der Waals surface area contributed by atoms with Crippen LogP contribution in [0.3, 0.4) is 0 Å². The Hall–Kier alpha value is -1.90. The number of anilines is 1. The number of benzene rings is 2. The average molecular weight is 433 g/mol. The smallest absolute Gasteiger partial charge is 0.264 e. The summed E-state index contributed by atoms with van der Waals surface area (Å²) in [6, 6.07) is 13.7. The van der Waals surface area contributed by atoms with Crippen LogP contribution in [0.4, 0.5) is 5.13 Å². The van der Waals surface area contributed by atoms with Gasteiger partial charge in [0.1, 0.15) is 11.5 Å². The van der Waals surface area contributed by atoms with Gasteiger partial charge in [-0.1, -0.05) is 23.5 Å². The van der Waals surface area contributed by atoms with Crippen LogP contribution >= 0.6 is 34.9 Å². The number of hydrogen-bond acceptors (Lipinski definition) is 7. The van der Waals surface area contributed by atoms with Crippen molar-refractivity contribution in [1.29, 1.82) is 0 Å². The molecule has 1 amide bonds. The fraction of sp³-hybridized carbons (Fsp3) is 0.300. The van der Waals surface area contributed by atoms with Gasteiger partial charge >= 0.3 is 0 Å². The van der Waals surface area contributed by atoms with Crippen LogP contribution in [0.2, 0.25) is 0 Å². The standard InChI is InChI=1S/C20H20N2O3S3/c1-2-24-15-7-8-16-17(11-15)28-20(21-16)22-18(23)12-25-14-5-3-13(4-6-14)19-26-9-10-27-19/h3-8,11,19H,2,9-10,12H2,1H3,(H,21,22,23). The quantitative estimate of drug-likeness (QED) is 0.554. The molecule has 1 aromatic heterocycles. The molecule has 1 aliphatic heterocycles. The molecule has 0 atom stereocenters. The van der Waals surface area contributed by atoms with Crippen LogP contribution in [0, 0.1) is 0 Å². The molecule has 146 valence electrons. The molecule has 0 aliphatic carbocycles. The van der Waals surface area contributed by atoms with Gasteiger partial charge in [0, 0.05) is 11.5 Å². The van der Waals surface area contributed by atoms with E-state index in [4.69, 9.17) is 9.47 Å². The van der Waals surface area contributed by atoms with Crippen LogP contribution in [-0.4, -0.2) is 35.6 Å². The molecule has 28 heavy (non-hydrogen) atoms. The lowest BCUT2D eigenvalue weighted by molar-refractivity contribution is -0.118. The molecule has 2 aromatic carbocycles. The van der Waals surface area contributed by atoms with Crippen LogP contribution in [0.15, 0.2) is 42.5 Å². The molecule has 8 heteroatoms. The molecule has 0 spiro atoms. The summed E-state index contributed by atoms with van der Waals surface area (Å²) in [6.45, 7) is 2.51. The summed E-state index contributed by atoms with van der Waals surface area (Å²) < 4.78 is 12.6. The first kappa shape index (κ1) is 19.4. The van der Waals surface area contributed by atoms with E-state index >= 15 is 0 Å². The number of nitrogens with zero attached hydrogens (tertiary/aromatic N) is 1. The minimum atomic E-state index is -0.227. The summed E-state index contributed by atoms with van der Waals surface area (Å²) in [7, 11) is 0. The summed E-state index contributed by atoms with van der Waals surface area (Å²) >= 11 is 5.36. The molecule has 5 nitrogen and oxygen atoms in total. The van der Waals surface area contributed by atoms with E-state index in [1.807, 2.05) is 60.8 Å². The largest absolute Gasteiger partial charge is 0.494 e. The Balaban J connectivity index is 1.32. The Morgan fingerprint density at radius 3 is 2.61 bits per heavy atom. The van der Waals surface area contributed by atoms with E-state index in [1.165, 1.54) is 28.4 Å². The van der Waals surface area contributed by atoms with Crippen molar-refractivity contribution in [2.75, 3.05) is 30.0 Å². The van der Waals surface area contributed by atoms with Crippen LogP contribution in [0.5, 0.6) is 11.5 Å². The van der Waals surface area contributed by atoms with Crippen molar-refractivity contribution in [2.24, 2.45) is 0 Å². The van der Waals surface area contributed by atoms with E-state index in [1.54, 1.807) is 0 Å². The Morgan fingerprint density at radius 1 is 1.11 bits per heavy atom. The summed E-state index contributed by atoms with van der Waals surface area (Å²) in [5, 5.41) is 3.36. The van der Waals surface area contributed by atoms with Gasteiger partial charge in [0.25, 0.3) is 5.91 Å². The molecule has 1 fully saturated rings. The van der Waals surface area contributed by atoms with E-state index in [0.29, 0.717) is 22.1 Å². The fourth-order valence-corrected chi connectivity index (χ4v) is 6.56. The molecule has 1 aliphatic rings. The monoisotopic (exact) mass is 432 g/mol. The number of hydrogen-bond donors (Lipinski definition) is 1. The molecule has 0 radical (unpaired) electrons. The van der Waals surface area contributed by atoms with Gasteiger partial charge in [-0.3, -0.25) is 10.1 Å². The number of aromatic nitrogens is 1. The lowest BCUT2D eigenvalue weighted by Crippen LogP contribution is -2.19. The first-order chi connectivity index (χ1) is 13.7. The van der Waals surface area contributed by atoms with Gasteiger partial charge in [-0.05, 0) is 42.8 Å². The number of ether oxygens (including phenoxy) is 2. The molecule has 0 unspecified atom stereocenters. The van der Waals surface area contributed by atoms with E-state index in [-0.39, 0.29) is 12.5 Å². The Bertz CT molecular complexity index is 953. The van der Waals surface area contributed by atoms with Crippen molar-refractivity contribution in [3.05, 3.63) is 48.0 Å². The van der Waals surface area contributed by atoms with Gasteiger partial charge in [-0.2, -0.15) is 0 Å². The van der Waals surface area contributed by atoms with E-state index in [2.05, 4.69) is 22.4 Å². The third kappa shape index (κ3) is 4.74. The average Bonchev–Trinajstić information content (AvgIpc) is 3.36. The predicted molar refractivity (Wildman–Crippen MR) is 119 cm³/mol. The topological polar surface area (TPSA) is 60.5 Å². The fourth-order valence-electron chi connectivity index (χ4n) is 2.79. The third-order valence-electron chi connectivity index (χ3n) is 4.06. The van der Waals surface area contributed by atoms with Crippen molar-refractivity contribution in [3.8, 4) is 11.5 Å². The van der Waals surface area contributed by atoms with Gasteiger partial charge < -0.3 is 9.47 Å². The maximum Gasteiger partial charge on any atom is 0.264 e. The number of fused-ring (bicyclic) bond motifs is 1. The number of amides is 1. The van der Waals surface area contributed by atoms with E-state index in [9.17, 15) is 4.79 Å². The molecular weight excluding hydrogens is 412 g/mol. The summed E-state index contributed by atoms with van der Waals surface area (Å²) in [5.41, 5.74) is 2.13. The van der Waals surface area contributed by atoms with Crippen molar-refractivity contribution in [1.82, 2.24) is 4.98 Å². The van der Waals surface area contributed by atoms with Crippen molar-refractivity contribution >= 4 is 56.1 Å². The highest BCUT2D eigenvalue weighted by Gasteiger charge is 2.18. The predicted octanol–water partition coefficient (Wildman–Crippen LogP) is 5.19. The van der Waals surface area contributed by atoms with Gasteiger partial charge in [0.2, 0.25) is 0 Å². The van der Waals surface area contributed by atoms with Gasteiger partial charge in [0.05, 0.1) is 21.4 Å². The zero-order chi connectivity index (χ0) is 19.3. The van der Waals surface area contributed by atoms with E-state index in [0.717, 1.165) is 16.0 Å². The second kappa shape index (κ2) is 9.07. The highest BCUT2D eigenvalue weighted by molar-refractivity contribution is 8.19. The highest BCUT2D eigenvalue weighted by atomic mass is 32.2. The first-order valence-electron chi connectivity index (χ1n) is 9.00. The summed E-state index contributed by atoms with van der Waals surface area (Å²) in [5.74, 6) is 3.67. The molecule has 2 heterocycles. The summed E-state index contributed by atoms with van der Waals surface area (Å²) in [6.07, 6.45) is 0. The SMILES string of the molecule is CCOc1ccc2nc(NC(=O)COc3ccc(C4SCCS4)cc3)sc2c1. The van der Waals surface area contributed by atoms with Gasteiger partial charge in [0.15, 0.2) is 11.7 Å². The van der Waals surface area contributed by atoms with Crippen LogP contribution in [0.1, 0.15) is 17.1 Å². The summed E-state index contributed by atoms with van der Waals surface area (Å²) in [4.78, 5) is 16.6. The Kier molecular flexibility index (Phi) is 6.29. The number of rotatable bonds is 7. The first-order valence-corrected chi connectivity index (χ1v) is 11.9. The maximum atomic E-state index is 12.2. The number of carbonyl (C=O) groups excluding carboxylic acids is 1. The molecule has 0 saturated carbocycles. The highest BCUT2D eigenvalue weighted by Crippen LogP contribution is 2.45. The molecule has 3 aromatic rings. The molecule has 1 N–H and O–H groups in total. The van der Waals surface area contributed by atoms with Crippen LogP contribution < -0.4 is 14.8 Å². The maximum absolute atomic E-state index is 12.2. The molecule has 4 rings (SSSR count). The van der Waals surface area contributed by atoms with Gasteiger partial charge in [-0.15, -0.1) is 23.5 Å². The van der Waals surface area contributed by atoms with Gasteiger partial charge in [-0.25, -0.2) is 4.98 Å². The molecule has 1 saturated heterocycles. The van der Waals surface area contributed by atoms with Crippen molar-refractivity contribution in [2.45, 2.75) is 11.5 Å². The number of nitrogens with one attached hydrogen (secondary N) is 1. The van der Waals surface area contributed by atoms with Crippen molar-refractivity contribution < 1.29 is 14.3 Å². The molecular formula is C20H20N2O3S3. The Morgan fingerprint density at radius 2 is 1.86 bits per heavy atom. The van der Waals surface area contributed by atoms with Crippen LogP contribution in [0.25, 0.3) is 10.2 Å². The second-order valence-electron chi connectivity index (χ2n) is 6.06. The zero-order valence-electron chi connectivity index (χ0n) is 15.3. The second-order valence-corrected chi connectivity index (χ2v) is 9.82. The zero-order valence-corrected chi connectivity index (χ0v) is 17.8. The number of thiazole rings is 1. The van der Waals surface area contributed by atoms with Crippen molar-refractivity contribution in [3.63, 3.8) is 0 Å². The number of carbonyl (C=O) groups is 1. The Labute approximate surface area is 176 Å². The number of thioether (sulfide) groups is 2. The molecule has 0 bridgehead atoms. The lowest BCUT2D eigenvalue weighted by Gasteiger charge is -2.10. The normalized spacial score (nSPS) is 14.3. The van der Waals surface area contributed by atoms with Crippen LogP contribution in [-0.2, 0) is 4.79 Å². The lowest BCUT2D eigenvalue weighted by atomic mass is 10.2. The van der Waals surface area contributed by atoms with E-state index < -0.39 is 0 Å². The third-order valence-corrected chi connectivity index (χ3v) is 8.10.